The molecule has 0 bridgehead atoms. The maximum absolute atomic E-state index is 11.8. The number of piperidine rings is 1. The highest BCUT2D eigenvalue weighted by Crippen LogP contribution is 2.18. The topological polar surface area (TPSA) is 118 Å². The summed E-state index contributed by atoms with van der Waals surface area (Å²) in [5, 5.41) is 12.4. The summed E-state index contributed by atoms with van der Waals surface area (Å²) in [4.78, 5) is 32.6. The predicted molar refractivity (Wildman–Crippen MR) is 73.4 cm³/mol. The van der Waals surface area contributed by atoms with Crippen LogP contribution < -0.4 is 5.73 Å². The summed E-state index contributed by atoms with van der Waals surface area (Å²) in [5.41, 5.74) is 6.24. The van der Waals surface area contributed by atoms with Crippen molar-refractivity contribution in [1.82, 2.24) is 9.88 Å². The molecule has 1 saturated heterocycles. The van der Waals surface area contributed by atoms with Gasteiger partial charge in [0.25, 0.3) is 0 Å². The van der Waals surface area contributed by atoms with E-state index >= 15 is 0 Å². The van der Waals surface area contributed by atoms with Crippen molar-refractivity contribution in [2.75, 3.05) is 13.1 Å². The highest BCUT2D eigenvalue weighted by molar-refractivity contribution is 5.97. The standard InChI is InChI=1S/C13H16N4O4/c14-11(10-2-1-5-15-8-10)16-21-12(18)9-3-6-17(7-4-9)13(19)20/h1-2,5,8-9H,3-4,6-7H2,(H2,14,16)(H,19,20). The Hall–Kier alpha value is -2.64. The fourth-order valence-corrected chi connectivity index (χ4v) is 2.04. The SMILES string of the molecule is N/C(=N\OC(=O)C1CCN(C(=O)O)CC1)c1cccnc1. The largest absolute Gasteiger partial charge is 0.465 e. The molecule has 2 heterocycles. The first-order chi connectivity index (χ1) is 10.1. The van der Waals surface area contributed by atoms with Gasteiger partial charge in [0.15, 0.2) is 5.84 Å². The maximum atomic E-state index is 11.8. The van der Waals surface area contributed by atoms with Crippen LogP contribution in [0.5, 0.6) is 0 Å². The first kappa shape index (κ1) is 14.8. The highest BCUT2D eigenvalue weighted by Gasteiger charge is 2.28. The molecule has 0 atom stereocenters. The van der Waals surface area contributed by atoms with Gasteiger partial charge >= 0.3 is 12.1 Å². The van der Waals surface area contributed by atoms with Crippen molar-refractivity contribution < 1.29 is 19.5 Å². The lowest BCUT2D eigenvalue weighted by atomic mass is 9.97. The number of aromatic nitrogens is 1. The van der Waals surface area contributed by atoms with E-state index in [-0.39, 0.29) is 11.8 Å². The fraction of sp³-hybridized carbons (Fsp3) is 0.385. The van der Waals surface area contributed by atoms with Gasteiger partial charge in [0.1, 0.15) is 0 Å². The quantitative estimate of drug-likeness (QED) is 0.365. The fourth-order valence-electron chi connectivity index (χ4n) is 2.04. The lowest BCUT2D eigenvalue weighted by molar-refractivity contribution is -0.150. The van der Waals surface area contributed by atoms with Gasteiger partial charge in [0.05, 0.1) is 5.92 Å². The number of hydrogen-bond donors (Lipinski definition) is 2. The highest BCUT2D eigenvalue weighted by atomic mass is 16.7. The summed E-state index contributed by atoms with van der Waals surface area (Å²) in [5.74, 6) is -0.780. The van der Waals surface area contributed by atoms with Crippen LogP contribution in [0.4, 0.5) is 4.79 Å². The van der Waals surface area contributed by atoms with E-state index in [1.807, 2.05) is 0 Å². The Morgan fingerprint density at radius 2 is 2.14 bits per heavy atom. The molecule has 21 heavy (non-hydrogen) atoms. The van der Waals surface area contributed by atoms with Gasteiger partial charge in [-0.1, -0.05) is 5.16 Å². The number of hydrogen-bond acceptors (Lipinski definition) is 5. The number of carbonyl (C=O) groups excluding carboxylic acids is 1. The van der Waals surface area contributed by atoms with Crippen LogP contribution in [-0.4, -0.2) is 46.0 Å². The van der Waals surface area contributed by atoms with Crippen LogP contribution in [0.3, 0.4) is 0 Å². The molecule has 0 aromatic carbocycles. The normalized spacial score (nSPS) is 16.6. The molecule has 8 heteroatoms. The molecule has 1 amide bonds. The average molecular weight is 292 g/mol. The lowest BCUT2D eigenvalue weighted by Gasteiger charge is -2.27. The van der Waals surface area contributed by atoms with Crippen molar-refractivity contribution in [3.05, 3.63) is 30.1 Å². The zero-order chi connectivity index (χ0) is 15.2. The minimum absolute atomic E-state index is 0.0689. The average Bonchev–Trinajstić information content (AvgIpc) is 2.53. The van der Waals surface area contributed by atoms with Crippen molar-refractivity contribution in [2.24, 2.45) is 16.8 Å². The number of oxime groups is 1. The second kappa shape index (κ2) is 6.69. The van der Waals surface area contributed by atoms with Crippen LogP contribution in [0.2, 0.25) is 0 Å². The first-order valence-electron chi connectivity index (χ1n) is 6.50. The Kier molecular flexibility index (Phi) is 4.70. The summed E-state index contributed by atoms with van der Waals surface area (Å²) < 4.78 is 0. The zero-order valence-electron chi connectivity index (χ0n) is 11.3. The van der Waals surface area contributed by atoms with E-state index in [2.05, 4.69) is 10.1 Å². The maximum Gasteiger partial charge on any atom is 0.407 e. The van der Waals surface area contributed by atoms with E-state index in [1.165, 1.54) is 11.1 Å². The van der Waals surface area contributed by atoms with Crippen LogP contribution in [0.25, 0.3) is 0 Å². The van der Waals surface area contributed by atoms with Crippen LogP contribution in [0.1, 0.15) is 18.4 Å². The number of pyridine rings is 1. The van der Waals surface area contributed by atoms with Crippen LogP contribution in [0.15, 0.2) is 29.7 Å². The number of carbonyl (C=O) groups is 2. The van der Waals surface area contributed by atoms with Gasteiger partial charge < -0.3 is 20.6 Å². The number of carboxylic acid groups (broad SMARTS) is 1. The second-order valence-electron chi connectivity index (χ2n) is 4.67. The molecule has 0 spiro atoms. The van der Waals surface area contributed by atoms with E-state index in [1.54, 1.807) is 18.3 Å². The van der Waals surface area contributed by atoms with Gasteiger partial charge in [-0.3, -0.25) is 4.98 Å². The van der Waals surface area contributed by atoms with Crippen molar-refractivity contribution in [3.63, 3.8) is 0 Å². The molecule has 1 aromatic heterocycles. The van der Waals surface area contributed by atoms with Crippen molar-refractivity contribution in [1.29, 1.82) is 0 Å². The zero-order valence-corrected chi connectivity index (χ0v) is 11.3. The number of nitrogens with two attached hydrogens (primary N) is 1. The Morgan fingerprint density at radius 3 is 2.71 bits per heavy atom. The molecule has 2 rings (SSSR count). The van der Waals surface area contributed by atoms with Gasteiger partial charge in [-0.2, -0.15) is 0 Å². The molecule has 1 aliphatic rings. The van der Waals surface area contributed by atoms with E-state index in [4.69, 9.17) is 15.7 Å². The van der Waals surface area contributed by atoms with Gasteiger partial charge in [0.2, 0.25) is 0 Å². The predicted octanol–water partition coefficient (Wildman–Crippen LogP) is 0.635. The van der Waals surface area contributed by atoms with Crippen LogP contribution in [-0.2, 0) is 9.63 Å². The molecule has 1 aliphatic heterocycles. The smallest absolute Gasteiger partial charge is 0.407 e. The Balaban J connectivity index is 1.87. The summed E-state index contributed by atoms with van der Waals surface area (Å²) >= 11 is 0. The number of likely N-dealkylation sites (tertiary alicyclic amines) is 1. The monoisotopic (exact) mass is 292 g/mol. The molecular formula is C13H16N4O4. The molecule has 0 saturated carbocycles. The number of rotatable bonds is 3. The molecule has 8 nitrogen and oxygen atoms in total. The van der Waals surface area contributed by atoms with Crippen molar-refractivity contribution in [3.8, 4) is 0 Å². The molecule has 0 aliphatic carbocycles. The van der Waals surface area contributed by atoms with Crippen LogP contribution in [0, 0.1) is 5.92 Å². The third kappa shape index (κ3) is 3.91. The Bertz CT molecular complexity index is 538. The van der Waals surface area contributed by atoms with Gasteiger partial charge in [-0.05, 0) is 25.0 Å². The third-order valence-corrected chi connectivity index (χ3v) is 3.29. The van der Waals surface area contributed by atoms with Gasteiger partial charge in [-0.25, -0.2) is 9.59 Å². The molecule has 1 aromatic rings. The third-order valence-electron chi connectivity index (χ3n) is 3.29. The van der Waals surface area contributed by atoms with E-state index < -0.39 is 12.1 Å². The molecule has 0 unspecified atom stereocenters. The van der Waals surface area contributed by atoms with E-state index in [9.17, 15) is 9.59 Å². The Labute approximate surface area is 121 Å². The first-order valence-corrected chi connectivity index (χ1v) is 6.50. The minimum atomic E-state index is -0.972. The Morgan fingerprint density at radius 1 is 1.43 bits per heavy atom. The molecule has 112 valence electrons. The van der Waals surface area contributed by atoms with Crippen molar-refractivity contribution in [2.45, 2.75) is 12.8 Å². The minimum Gasteiger partial charge on any atom is -0.465 e. The van der Waals surface area contributed by atoms with E-state index in [0.29, 0.717) is 31.5 Å². The summed E-state index contributed by atoms with van der Waals surface area (Å²) in [7, 11) is 0. The van der Waals surface area contributed by atoms with Crippen molar-refractivity contribution >= 4 is 17.9 Å². The second-order valence-corrected chi connectivity index (χ2v) is 4.67. The molecule has 0 radical (unpaired) electrons. The number of nitrogens with zero attached hydrogens (tertiary/aromatic N) is 3. The molecule has 1 fully saturated rings. The number of amides is 1. The molecular weight excluding hydrogens is 276 g/mol. The van der Waals surface area contributed by atoms with Crippen LogP contribution >= 0.6 is 0 Å². The summed E-state index contributed by atoms with van der Waals surface area (Å²) in [6.45, 7) is 0.633. The molecule has 3 N–H and O–H groups in total. The van der Waals surface area contributed by atoms with E-state index in [0.717, 1.165) is 0 Å². The lowest BCUT2D eigenvalue weighted by Crippen LogP contribution is -2.39. The van der Waals surface area contributed by atoms with Gasteiger partial charge in [-0.15, -0.1) is 0 Å². The summed E-state index contributed by atoms with van der Waals surface area (Å²) in [6, 6.07) is 3.40. The van der Waals surface area contributed by atoms with Gasteiger partial charge in [0, 0.05) is 31.0 Å². The summed E-state index contributed by atoms with van der Waals surface area (Å²) in [6.07, 6.45) is 2.98. The number of amidine groups is 1.